The van der Waals surface area contributed by atoms with Crippen molar-refractivity contribution in [1.82, 2.24) is 0 Å². The van der Waals surface area contributed by atoms with Crippen molar-refractivity contribution < 1.29 is 5.11 Å². The molecule has 112 valence electrons. The van der Waals surface area contributed by atoms with Gasteiger partial charge in [0, 0.05) is 0 Å². The number of unbranched alkanes of at least 4 members (excludes halogenated alkanes) is 9. The third-order valence-corrected chi connectivity index (χ3v) is 3.53. The van der Waals surface area contributed by atoms with E-state index in [1.165, 1.54) is 64.2 Å². The molecule has 1 unspecified atom stereocenters. The maximum absolute atomic E-state index is 9.30. The Balaban J connectivity index is 3.11. The summed E-state index contributed by atoms with van der Waals surface area (Å²) in [5.74, 6) is 0. The quantitative estimate of drug-likeness (QED) is 0.311. The van der Waals surface area contributed by atoms with E-state index in [2.05, 4.69) is 25.7 Å². The molecule has 1 heteroatoms. The van der Waals surface area contributed by atoms with Crippen LogP contribution in [0.15, 0.2) is 24.8 Å². The predicted octanol–water partition coefficient (Wildman–Crippen LogP) is 5.79. The third-order valence-electron chi connectivity index (χ3n) is 3.53. The fourth-order valence-corrected chi connectivity index (χ4v) is 2.19. The van der Waals surface area contributed by atoms with Crippen LogP contribution in [0.25, 0.3) is 0 Å². The zero-order chi connectivity index (χ0) is 14.2. The smallest absolute Gasteiger partial charge is 0.0718 e. The van der Waals surface area contributed by atoms with E-state index in [0.29, 0.717) is 0 Å². The second kappa shape index (κ2) is 15.5. The molecule has 0 aromatic carbocycles. The summed E-state index contributed by atoms with van der Waals surface area (Å²) < 4.78 is 0. The normalized spacial score (nSPS) is 12.9. The van der Waals surface area contributed by atoms with Crippen molar-refractivity contribution in [3.63, 3.8) is 0 Å². The summed E-state index contributed by atoms with van der Waals surface area (Å²) in [6.45, 7) is 5.84. The first-order chi connectivity index (χ1) is 9.31. The molecule has 0 fully saturated rings. The fourth-order valence-electron chi connectivity index (χ4n) is 2.19. The summed E-state index contributed by atoms with van der Waals surface area (Å²) in [6.07, 6.45) is 21.2. The van der Waals surface area contributed by atoms with Crippen LogP contribution in [0, 0.1) is 0 Å². The van der Waals surface area contributed by atoms with E-state index in [9.17, 15) is 5.11 Å². The highest BCUT2D eigenvalue weighted by molar-refractivity contribution is 4.81. The SMILES string of the molecule is C=CC(O)CCCCCC=CCCCCCCCC. The Morgan fingerprint density at radius 3 is 1.95 bits per heavy atom. The molecule has 1 atom stereocenters. The average Bonchev–Trinajstić information content (AvgIpc) is 2.43. The van der Waals surface area contributed by atoms with Crippen LogP contribution in [0.1, 0.15) is 84.0 Å². The molecule has 0 saturated heterocycles. The van der Waals surface area contributed by atoms with Gasteiger partial charge in [-0.25, -0.2) is 0 Å². The van der Waals surface area contributed by atoms with Crippen molar-refractivity contribution in [2.75, 3.05) is 0 Å². The number of allylic oxidation sites excluding steroid dienone is 2. The van der Waals surface area contributed by atoms with Gasteiger partial charge >= 0.3 is 0 Å². The van der Waals surface area contributed by atoms with E-state index in [-0.39, 0.29) is 6.10 Å². The molecular weight excluding hydrogens is 232 g/mol. The van der Waals surface area contributed by atoms with Crippen molar-refractivity contribution >= 4 is 0 Å². The van der Waals surface area contributed by atoms with Crippen LogP contribution in [-0.4, -0.2) is 11.2 Å². The summed E-state index contributed by atoms with van der Waals surface area (Å²) in [6, 6.07) is 0. The number of rotatable bonds is 14. The van der Waals surface area contributed by atoms with Crippen LogP contribution >= 0.6 is 0 Å². The Kier molecular flexibility index (Phi) is 15.0. The first kappa shape index (κ1) is 18.4. The summed E-state index contributed by atoms with van der Waals surface area (Å²) >= 11 is 0. The fraction of sp³-hybridized carbons (Fsp3) is 0.778. The van der Waals surface area contributed by atoms with E-state index in [0.717, 1.165) is 12.8 Å². The van der Waals surface area contributed by atoms with Gasteiger partial charge in [-0.1, -0.05) is 70.1 Å². The molecule has 0 spiro atoms. The number of aliphatic hydroxyl groups excluding tert-OH is 1. The minimum absolute atomic E-state index is 0.303. The Morgan fingerprint density at radius 2 is 1.37 bits per heavy atom. The molecule has 0 heterocycles. The monoisotopic (exact) mass is 266 g/mol. The van der Waals surface area contributed by atoms with E-state index in [1.807, 2.05) is 0 Å². The maximum Gasteiger partial charge on any atom is 0.0718 e. The van der Waals surface area contributed by atoms with Gasteiger partial charge in [-0.2, -0.15) is 0 Å². The molecule has 0 aliphatic carbocycles. The van der Waals surface area contributed by atoms with E-state index in [4.69, 9.17) is 0 Å². The molecule has 19 heavy (non-hydrogen) atoms. The molecule has 0 radical (unpaired) electrons. The van der Waals surface area contributed by atoms with Crippen LogP contribution in [0.3, 0.4) is 0 Å². The number of hydrogen-bond acceptors (Lipinski definition) is 1. The number of aliphatic hydroxyl groups is 1. The zero-order valence-electron chi connectivity index (χ0n) is 12.9. The topological polar surface area (TPSA) is 20.2 Å². The van der Waals surface area contributed by atoms with Gasteiger partial charge in [0.05, 0.1) is 6.10 Å². The molecule has 0 rings (SSSR count). The molecule has 0 amide bonds. The second-order valence-corrected chi connectivity index (χ2v) is 5.47. The lowest BCUT2D eigenvalue weighted by molar-refractivity contribution is 0.208. The first-order valence-corrected chi connectivity index (χ1v) is 8.26. The highest BCUT2D eigenvalue weighted by Gasteiger charge is 1.96. The first-order valence-electron chi connectivity index (χ1n) is 8.26. The Morgan fingerprint density at radius 1 is 0.842 bits per heavy atom. The number of hydrogen-bond donors (Lipinski definition) is 1. The van der Waals surface area contributed by atoms with Crippen LogP contribution in [-0.2, 0) is 0 Å². The van der Waals surface area contributed by atoms with Gasteiger partial charge in [0.15, 0.2) is 0 Å². The van der Waals surface area contributed by atoms with E-state index >= 15 is 0 Å². The zero-order valence-corrected chi connectivity index (χ0v) is 12.9. The van der Waals surface area contributed by atoms with Gasteiger partial charge in [0.2, 0.25) is 0 Å². The minimum Gasteiger partial charge on any atom is -0.389 e. The van der Waals surface area contributed by atoms with Gasteiger partial charge in [-0.05, 0) is 32.1 Å². The largest absolute Gasteiger partial charge is 0.389 e. The third kappa shape index (κ3) is 15.4. The van der Waals surface area contributed by atoms with Crippen LogP contribution in [0.2, 0.25) is 0 Å². The summed E-state index contributed by atoms with van der Waals surface area (Å²) in [4.78, 5) is 0. The summed E-state index contributed by atoms with van der Waals surface area (Å²) in [5.41, 5.74) is 0. The maximum atomic E-state index is 9.30. The molecule has 0 aromatic rings. The van der Waals surface area contributed by atoms with Crippen molar-refractivity contribution in [2.24, 2.45) is 0 Å². The summed E-state index contributed by atoms with van der Waals surface area (Å²) in [5, 5.41) is 9.30. The Hall–Kier alpha value is -0.560. The lowest BCUT2D eigenvalue weighted by Crippen LogP contribution is -2.00. The molecule has 0 aliphatic heterocycles. The van der Waals surface area contributed by atoms with Gasteiger partial charge in [0.25, 0.3) is 0 Å². The molecule has 1 nitrogen and oxygen atoms in total. The van der Waals surface area contributed by atoms with E-state index < -0.39 is 0 Å². The molecule has 1 N–H and O–H groups in total. The second-order valence-electron chi connectivity index (χ2n) is 5.47. The lowest BCUT2D eigenvalue weighted by Gasteiger charge is -2.03. The predicted molar refractivity (Wildman–Crippen MR) is 86.4 cm³/mol. The lowest BCUT2D eigenvalue weighted by atomic mass is 10.1. The van der Waals surface area contributed by atoms with Crippen molar-refractivity contribution in [3.8, 4) is 0 Å². The standard InChI is InChI=1S/C18H34O/c1-3-5-6-7-8-9-10-11-12-13-14-15-16-17-18(19)4-2/h4,11-12,18-19H,2-3,5-10,13-17H2,1H3. The van der Waals surface area contributed by atoms with Crippen molar-refractivity contribution in [3.05, 3.63) is 24.8 Å². The highest BCUT2D eigenvalue weighted by Crippen LogP contribution is 2.09. The van der Waals surface area contributed by atoms with Crippen molar-refractivity contribution in [1.29, 1.82) is 0 Å². The molecule has 0 bridgehead atoms. The van der Waals surface area contributed by atoms with Crippen LogP contribution in [0.4, 0.5) is 0 Å². The van der Waals surface area contributed by atoms with Gasteiger partial charge < -0.3 is 5.11 Å². The summed E-state index contributed by atoms with van der Waals surface area (Å²) in [7, 11) is 0. The van der Waals surface area contributed by atoms with Crippen LogP contribution < -0.4 is 0 Å². The molecule has 0 saturated carbocycles. The van der Waals surface area contributed by atoms with Gasteiger partial charge in [-0.15, -0.1) is 6.58 Å². The van der Waals surface area contributed by atoms with Gasteiger partial charge in [-0.3, -0.25) is 0 Å². The van der Waals surface area contributed by atoms with Crippen LogP contribution in [0.5, 0.6) is 0 Å². The minimum atomic E-state index is -0.303. The van der Waals surface area contributed by atoms with Gasteiger partial charge in [0.1, 0.15) is 0 Å². The molecule has 0 aliphatic rings. The molecule has 0 aromatic heterocycles. The van der Waals surface area contributed by atoms with E-state index in [1.54, 1.807) is 6.08 Å². The molecular formula is C18H34O. The van der Waals surface area contributed by atoms with Crippen molar-refractivity contribution in [2.45, 2.75) is 90.1 Å². The highest BCUT2D eigenvalue weighted by atomic mass is 16.3. The average molecular weight is 266 g/mol. The Labute approximate surface area is 120 Å². The Bertz CT molecular complexity index is 208.